The van der Waals surface area contributed by atoms with Gasteiger partial charge in [0.1, 0.15) is 12.8 Å². The fourth-order valence-corrected chi connectivity index (χ4v) is 8.69. The van der Waals surface area contributed by atoms with E-state index < -0.39 is 17.9 Å². The maximum absolute atomic E-state index is 12.6. The minimum Gasteiger partial charge on any atom is -0.481 e. The van der Waals surface area contributed by atoms with Gasteiger partial charge in [-0.25, -0.2) is 0 Å². The van der Waals surface area contributed by atoms with Crippen LogP contribution in [0.2, 0.25) is 0 Å². The summed E-state index contributed by atoms with van der Waals surface area (Å²) < 4.78 is 0. The summed E-state index contributed by atoms with van der Waals surface area (Å²) in [6, 6.07) is 74.9. The van der Waals surface area contributed by atoms with Crippen LogP contribution in [0.15, 0.2) is 242 Å². The van der Waals surface area contributed by atoms with Crippen molar-refractivity contribution < 1.29 is 44.1 Å². The van der Waals surface area contributed by atoms with Gasteiger partial charge in [0.2, 0.25) is 0 Å². The number of nitrogen functional groups attached to an aromatic ring is 1. The zero-order valence-electron chi connectivity index (χ0n) is 46.6. The van der Waals surface area contributed by atoms with Crippen LogP contribution >= 0.6 is 15.9 Å². The molecular formula is C70H67BrN4O9. The smallest absolute Gasteiger partial charge is 0.303 e. The molecule has 0 aliphatic rings. The molecular weight excluding hydrogens is 1120 g/mol. The Morgan fingerprint density at radius 1 is 0.405 bits per heavy atom. The van der Waals surface area contributed by atoms with Crippen molar-refractivity contribution in [2.24, 2.45) is 5.16 Å². The highest BCUT2D eigenvalue weighted by atomic mass is 79.9. The predicted octanol–water partition coefficient (Wildman–Crippen LogP) is 14.4. The molecule has 9 aromatic carbocycles. The molecule has 0 fully saturated rings. The molecule has 0 aliphatic heterocycles. The number of oxime groups is 1. The highest BCUT2D eigenvalue weighted by Gasteiger charge is 2.12. The molecule has 0 saturated carbocycles. The Morgan fingerprint density at radius 2 is 0.738 bits per heavy atom. The van der Waals surface area contributed by atoms with Gasteiger partial charge in [-0.1, -0.05) is 203 Å². The Morgan fingerprint density at radius 3 is 1.12 bits per heavy atom. The van der Waals surface area contributed by atoms with Crippen LogP contribution in [0.4, 0.5) is 17.1 Å². The van der Waals surface area contributed by atoms with Gasteiger partial charge in [-0.2, -0.15) is 0 Å². The third-order valence-electron chi connectivity index (χ3n) is 12.8. The normalized spacial score (nSPS) is 10.5. The van der Waals surface area contributed by atoms with Crippen LogP contribution in [0.3, 0.4) is 0 Å². The summed E-state index contributed by atoms with van der Waals surface area (Å²) in [5.41, 5.74) is 20.0. The van der Waals surface area contributed by atoms with Gasteiger partial charge in [0.15, 0.2) is 11.6 Å². The third kappa shape index (κ3) is 22.2. The number of nitrogens with one attached hydrogen (secondary N) is 2. The molecule has 0 atom stereocenters. The number of carboxylic acids is 3. The van der Waals surface area contributed by atoms with E-state index in [-0.39, 0.29) is 30.8 Å². The van der Waals surface area contributed by atoms with E-state index in [4.69, 9.17) is 25.9 Å². The number of alkyl halides is 1. The summed E-state index contributed by atoms with van der Waals surface area (Å²) in [4.78, 5) is 61.2. The lowest BCUT2D eigenvalue weighted by atomic mass is 10.0. The van der Waals surface area contributed by atoms with E-state index in [1.807, 2.05) is 212 Å². The van der Waals surface area contributed by atoms with E-state index in [2.05, 4.69) is 43.9 Å². The molecule has 428 valence electrons. The SMILES string of the molecule is CO/N=C(/c1ccccc1)c1cccc(CNc2ccc(CCC(=O)O)cc2)c1.Nc1ccc(CCC(=O)O)cc1.O=C(O)CCc1ccc(NCc2cccc(C(=O)c3ccccc3)c2)cc1.O=C(c1ccccc1)c1cccc(CBr)c1. The van der Waals surface area contributed by atoms with Crippen molar-refractivity contribution in [3.05, 3.63) is 303 Å². The molecule has 9 aromatic rings. The summed E-state index contributed by atoms with van der Waals surface area (Å²) >= 11 is 3.39. The van der Waals surface area contributed by atoms with Crippen LogP contribution in [-0.4, -0.2) is 57.6 Å². The summed E-state index contributed by atoms with van der Waals surface area (Å²) in [6.07, 6.45) is 2.08. The quantitative estimate of drug-likeness (QED) is 0.0116. The number of halogens is 1. The average molecular weight is 1190 g/mol. The topological polar surface area (TPSA) is 218 Å². The minimum atomic E-state index is -0.790. The van der Waals surface area contributed by atoms with Crippen molar-refractivity contribution in [1.29, 1.82) is 0 Å². The lowest BCUT2D eigenvalue weighted by molar-refractivity contribution is -0.138. The number of carbonyl (C=O) groups excluding carboxylic acids is 2. The standard InChI is InChI=1S/C24H24N2O3.C23H21NO3.C14H11BrO.C9H11NO2/c1-29-26-24(20-7-3-2-4-8-20)21-9-5-6-19(16-21)17-25-22-13-10-18(11-14-22)12-15-23(27)28;25-22(26)14-11-17-9-12-21(13-10-17)24-16-18-5-4-8-20(15-18)23(27)19-6-2-1-3-7-19;15-10-11-5-4-8-13(9-11)14(16)12-6-2-1-3-7-12;10-8-4-1-7(2-5-8)3-6-9(11)12/h2-11,13-14,16,25H,12,15,17H2,1H3,(H,27,28);1-10,12-13,15,24H,11,14,16H2,(H,25,26);1-9H,10H2;1-2,4-5H,3,6,10H2,(H,11,12)/b26-24-;;;. The van der Waals surface area contributed by atoms with Crippen LogP contribution in [0, 0.1) is 0 Å². The first-order valence-electron chi connectivity index (χ1n) is 27.1. The van der Waals surface area contributed by atoms with Crippen molar-refractivity contribution in [2.45, 2.75) is 56.9 Å². The first-order valence-corrected chi connectivity index (χ1v) is 28.2. The van der Waals surface area contributed by atoms with Gasteiger partial charge >= 0.3 is 17.9 Å². The number of ketones is 2. The second kappa shape index (κ2) is 34.4. The van der Waals surface area contributed by atoms with Gasteiger partial charge in [0.05, 0.1) is 0 Å². The molecule has 84 heavy (non-hydrogen) atoms. The second-order valence-corrected chi connectivity index (χ2v) is 19.7. The van der Waals surface area contributed by atoms with Gasteiger partial charge in [0.25, 0.3) is 0 Å². The number of nitrogens with zero attached hydrogens (tertiary/aromatic N) is 1. The lowest BCUT2D eigenvalue weighted by Gasteiger charge is -2.10. The highest BCUT2D eigenvalue weighted by Crippen LogP contribution is 2.19. The summed E-state index contributed by atoms with van der Waals surface area (Å²) in [5.74, 6) is -2.25. The molecule has 0 aromatic heterocycles. The third-order valence-corrected chi connectivity index (χ3v) is 13.4. The van der Waals surface area contributed by atoms with E-state index in [1.165, 1.54) is 0 Å². The van der Waals surface area contributed by atoms with E-state index >= 15 is 0 Å². The Labute approximate surface area is 498 Å². The fraction of sp³-hybridized carbons (Fsp3) is 0.143. The molecule has 0 heterocycles. The Bertz CT molecular complexity index is 3550. The zero-order chi connectivity index (χ0) is 59.9. The maximum Gasteiger partial charge on any atom is 0.303 e. The van der Waals surface area contributed by atoms with Crippen LogP contribution in [0.25, 0.3) is 0 Å². The van der Waals surface area contributed by atoms with Gasteiger partial charge in [0, 0.05) is 88.1 Å². The molecule has 0 radical (unpaired) electrons. The molecule has 7 N–H and O–H groups in total. The number of rotatable bonds is 23. The molecule has 0 amide bonds. The molecule has 14 heteroatoms. The van der Waals surface area contributed by atoms with E-state index in [0.29, 0.717) is 49.2 Å². The van der Waals surface area contributed by atoms with Crippen LogP contribution in [0.1, 0.15) is 95.6 Å². The number of nitrogens with two attached hydrogens (primary N) is 1. The number of benzene rings is 9. The van der Waals surface area contributed by atoms with E-state index in [1.54, 1.807) is 19.2 Å². The fourth-order valence-electron chi connectivity index (χ4n) is 8.34. The Balaban J connectivity index is 0.000000189. The van der Waals surface area contributed by atoms with Gasteiger partial charge in [-0.3, -0.25) is 24.0 Å². The van der Waals surface area contributed by atoms with Crippen molar-refractivity contribution in [2.75, 3.05) is 23.5 Å². The number of carboxylic acid groups (broad SMARTS) is 3. The monoisotopic (exact) mass is 1190 g/mol. The number of aryl methyl sites for hydroxylation is 3. The summed E-state index contributed by atoms with van der Waals surface area (Å²) in [6.45, 7) is 1.27. The number of hydrogen-bond acceptors (Lipinski definition) is 10. The first-order chi connectivity index (χ1) is 40.8. The summed E-state index contributed by atoms with van der Waals surface area (Å²) in [5, 5.41) is 37.6. The summed E-state index contributed by atoms with van der Waals surface area (Å²) in [7, 11) is 1.55. The van der Waals surface area contributed by atoms with Gasteiger partial charge < -0.3 is 36.5 Å². The molecule has 0 unspecified atom stereocenters. The van der Waals surface area contributed by atoms with E-state index in [0.717, 1.165) is 78.1 Å². The average Bonchev–Trinajstić information content (AvgIpc) is 3.64. The largest absolute Gasteiger partial charge is 0.481 e. The van der Waals surface area contributed by atoms with Crippen molar-refractivity contribution >= 4 is 68.2 Å². The molecule has 13 nitrogen and oxygen atoms in total. The Kier molecular flexibility index (Phi) is 25.9. The molecule has 0 spiro atoms. The maximum atomic E-state index is 12.6. The van der Waals surface area contributed by atoms with Crippen LogP contribution in [-0.2, 0) is 56.9 Å². The Hall–Kier alpha value is -9.92. The molecule has 0 bridgehead atoms. The lowest BCUT2D eigenvalue weighted by Crippen LogP contribution is -2.06. The predicted molar refractivity (Wildman–Crippen MR) is 337 cm³/mol. The number of carbonyl (C=O) groups is 5. The number of anilines is 3. The highest BCUT2D eigenvalue weighted by molar-refractivity contribution is 9.08. The van der Waals surface area contributed by atoms with E-state index in [9.17, 15) is 24.0 Å². The molecule has 0 saturated heterocycles. The van der Waals surface area contributed by atoms with Crippen molar-refractivity contribution in [3.8, 4) is 0 Å². The molecule has 0 aliphatic carbocycles. The van der Waals surface area contributed by atoms with Crippen LogP contribution < -0.4 is 16.4 Å². The van der Waals surface area contributed by atoms with Crippen molar-refractivity contribution in [1.82, 2.24) is 0 Å². The number of hydrogen-bond donors (Lipinski definition) is 6. The van der Waals surface area contributed by atoms with Crippen molar-refractivity contribution in [3.63, 3.8) is 0 Å². The first kappa shape index (κ1) is 63.3. The van der Waals surface area contributed by atoms with Gasteiger partial charge in [-0.05, 0) is 107 Å². The zero-order valence-corrected chi connectivity index (χ0v) is 48.2. The minimum absolute atomic E-state index is 0.0141. The molecule has 9 rings (SSSR count). The van der Waals surface area contributed by atoms with Gasteiger partial charge in [-0.15, -0.1) is 0 Å². The second-order valence-electron chi connectivity index (χ2n) is 19.1. The number of aliphatic carboxylic acids is 3. The van der Waals surface area contributed by atoms with Crippen LogP contribution in [0.5, 0.6) is 0 Å².